The molecule has 1 aliphatic carbocycles. The molecule has 3 nitrogen and oxygen atoms in total. The summed E-state index contributed by atoms with van der Waals surface area (Å²) in [4.78, 5) is 4.74. The van der Waals surface area contributed by atoms with Crippen molar-refractivity contribution >= 4 is 29.2 Å². The lowest BCUT2D eigenvalue weighted by molar-refractivity contribution is 0.306. The molecule has 0 unspecified atom stereocenters. The van der Waals surface area contributed by atoms with Crippen LogP contribution in [0.5, 0.6) is 5.75 Å². The molecule has 0 radical (unpaired) electrons. The fraction of sp³-hybridized carbons (Fsp3) is 0.156. The Morgan fingerprint density at radius 3 is 2.53 bits per heavy atom. The van der Waals surface area contributed by atoms with Gasteiger partial charge in [-0.25, -0.2) is 0 Å². The molecule has 1 N–H and O–H groups in total. The Balaban J connectivity index is 1.17. The lowest BCUT2D eigenvalue weighted by Gasteiger charge is -2.37. The van der Waals surface area contributed by atoms with Gasteiger partial charge in [-0.15, -0.1) is 0 Å². The zero-order chi connectivity index (χ0) is 24.3. The van der Waals surface area contributed by atoms with Gasteiger partial charge in [-0.1, -0.05) is 78.4 Å². The third-order valence-electron chi connectivity index (χ3n) is 7.10. The molecular formula is C32H27ClN2O. The maximum Gasteiger partial charge on any atom is 0.128 e. The molecular weight excluding hydrogens is 464 g/mol. The zero-order valence-corrected chi connectivity index (χ0v) is 20.6. The first kappa shape index (κ1) is 22.6. The number of hydrogen-bond donors (Lipinski definition) is 1. The number of aliphatic imine (C=N–C) groups is 1. The fourth-order valence-corrected chi connectivity index (χ4v) is 5.37. The van der Waals surface area contributed by atoms with Crippen molar-refractivity contribution in [1.82, 2.24) is 0 Å². The summed E-state index contributed by atoms with van der Waals surface area (Å²) in [5.41, 5.74) is 6.89. The minimum Gasteiger partial charge on any atom is -0.488 e. The summed E-state index contributed by atoms with van der Waals surface area (Å²) in [5, 5.41) is 4.52. The Morgan fingerprint density at radius 1 is 0.889 bits per heavy atom. The Bertz CT molecular complexity index is 1410. The quantitative estimate of drug-likeness (QED) is 0.217. The first-order chi connectivity index (χ1) is 17.7. The van der Waals surface area contributed by atoms with Crippen LogP contribution in [0.1, 0.15) is 40.6 Å². The Hall–Kier alpha value is -3.82. The SMILES string of the molecule is Clc1ccc(COc2ccccc2C=Nc2ccc([C@@H]3Nc4ccccc4[C@@H]4C=CC[C@H]43)cc2)cc1. The lowest BCUT2D eigenvalue weighted by Crippen LogP contribution is -2.28. The Morgan fingerprint density at radius 2 is 1.67 bits per heavy atom. The van der Waals surface area contributed by atoms with Crippen molar-refractivity contribution in [3.8, 4) is 5.75 Å². The number of fused-ring (bicyclic) bond motifs is 3. The van der Waals surface area contributed by atoms with Gasteiger partial charge in [-0.2, -0.15) is 0 Å². The van der Waals surface area contributed by atoms with Crippen LogP contribution in [-0.4, -0.2) is 6.21 Å². The van der Waals surface area contributed by atoms with E-state index in [1.807, 2.05) is 54.7 Å². The van der Waals surface area contributed by atoms with E-state index in [4.69, 9.17) is 21.3 Å². The predicted octanol–water partition coefficient (Wildman–Crippen LogP) is 8.50. The molecule has 1 heterocycles. The van der Waals surface area contributed by atoms with Crippen molar-refractivity contribution in [2.45, 2.75) is 25.0 Å². The van der Waals surface area contributed by atoms with Gasteiger partial charge in [-0.05, 0) is 71.5 Å². The molecule has 2 aliphatic rings. The van der Waals surface area contributed by atoms with Crippen molar-refractivity contribution in [2.24, 2.45) is 10.9 Å². The van der Waals surface area contributed by atoms with Gasteiger partial charge in [0.05, 0.1) is 11.7 Å². The molecule has 0 aromatic heterocycles. The van der Waals surface area contributed by atoms with Crippen molar-refractivity contribution in [1.29, 1.82) is 0 Å². The minimum absolute atomic E-state index is 0.292. The zero-order valence-electron chi connectivity index (χ0n) is 19.8. The first-order valence-corrected chi connectivity index (χ1v) is 12.7. The number of nitrogens with zero attached hydrogens (tertiary/aromatic N) is 1. The molecule has 0 saturated heterocycles. The number of halogens is 1. The normalized spacial score (nSPS) is 20.1. The first-order valence-electron chi connectivity index (χ1n) is 12.4. The molecule has 4 heteroatoms. The number of ether oxygens (including phenoxy) is 1. The van der Waals surface area contributed by atoms with Crippen LogP contribution >= 0.6 is 11.6 Å². The highest BCUT2D eigenvalue weighted by molar-refractivity contribution is 6.30. The van der Waals surface area contributed by atoms with Crippen molar-refractivity contribution in [3.05, 3.63) is 136 Å². The van der Waals surface area contributed by atoms with Crippen LogP contribution in [0.3, 0.4) is 0 Å². The highest BCUT2D eigenvalue weighted by Crippen LogP contribution is 2.49. The van der Waals surface area contributed by atoms with E-state index in [0.717, 1.165) is 34.0 Å². The average Bonchev–Trinajstić information content (AvgIpc) is 3.42. The summed E-state index contributed by atoms with van der Waals surface area (Å²) in [6.45, 7) is 0.477. The summed E-state index contributed by atoms with van der Waals surface area (Å²) < 4.78 is 6.07. The van der Waals surface area contributed by atoms with E-state index >= 15 is 0 Å². The highest BCUT2D eigenvalue weighted by Gasteiger charge is 2.37. The van der Waals surface area contributed by atoms with Crippen LogP contribution in [0.2, 0.25) is 5.02 Å². The van der Waals surface area contributed by atoms with Crippen molar-refractivity contribution in [2.75, 3.05) is 5.32 Å². The molecule has 36 heavy (non-hydrogen) atoms. The number of allylic oxidation sites excluding steroid dienone is 2. The van der Waals surface area contributed by atoms with Crippen LogP contribution in [-0.2, 0) is 6.61 Å². The van der Waals surface area contributed by atoms with Gasteiger partial charge in [0.25, 0.3) is 0 Å². The molecule has 0 amide bonds. The Labute approximate surface area is 217 Å². The maximum atomic E-state index is 6.07. The van der Waals surface area contributed by atoms with E-state index in [9.17, 15) is 0 Å². The van der Waals surface area contributed by atoms with Crippen LogP contribution in [0.25, 0.3) is 0 Å². The average molecular weight is 491 g/mol. The van der Waals surface area contributed by atoms with Crippen LogP contribution in [0.15, 0.2) is 114 Å². The fourth-order valence-electron chi connectivity index (χ4n) is 5.25. The lowest BCUT2D eigenvalue weighted by atomic mass is 9.77. The number of benzene rings is 4. The van der Waals surface area contributed by atoms with E-state index in [0.29, 0.717) is 24.5 Å². The number of rotatable bonds is 6. The second kappa shape index (κ2) is 10.0. The molecule has 0 bridgehead atoms. The van der Waals surface area contributed by atoms with Gasteiger partial charge in [-0.3, -0.25) is 4.99 Å². The monoisotopic (exact) mass is 490 g/mol. The molecule has 1 aliphatic heterocycles. The van der Waals surface area contributed by atoms with Crippen molar-refractivity contribution < 1.29 is 4.74 Å². The van der Waals surface area contributed by atoms with E-state index in [1.165, 1.54) is 16.8 Å². The molecule has 0 saturated carbocycles. The summed E-state index contributed by atoms with van der Waals surface area (Å²) in [6, 6.07) is 33.3. The van der Waals surface area contributed by atoms with Crippen molar-refractivity contribution in [3.63, 3.8) is 0 Å². The van der Waals surface area contributed by atoms with Gasteiger partial charge in [0, 0.05) is 28.4 Å². The molecule has 4 aromatic carbocycles. The maximum absolute atomic E-state index is 6.07. The van der Waals surface area contributed by atoms with Gasteiger partial charge in [0.1, 0.15) is 12.4 Å². The molecule has 178 valence electrons. The van der Waals surface area contributed by atoms with E-state index < -0.39 is 0 Å². The summed E-state index contributed by atoms with van der Waals surface area (Å²) in [6.07, 6.45) is 7.68. The second-order valence-corrected chi connectivity index (χ2v) is 9.80. The standard InChI is InChI=1S/C32H27ClN2O/c33-25-16-12-22(13-17-25)21-36-31-11-4-1-6-24(31)20-34-26-18-14-23(15-19-26)32-29-9-5-8-27(29)28-7-2-3-10-30(28)35-32/h1-8,10-20,27,29,32,35H,9,21H2/t27-,29+,32-/m0/s1. The number of para-hydroxylation sites is 2. The largest absolute Gasteiger partial charge is 0.488 e. The number of hydrogen-bond acceptors (Lipinski definition) is 3. The van der Waals surface area contributed by atoms with Gasteiger partial charge < -0.3 is 10.1 Å². The smallest absolute Gasteiger partial charge is 0.128 e. The minimum atomic E-state index is 0.292. The van der Waals surface area contributed by atoms with Gasteiger partial charge in [0.2, 0.25) is 0 Å². The van der Waals surface area contributed by atoms with Crippen LogP contribution in [0, 0.1) is 5.92 Å². The van der Waals surface area contributed by atoms with Crippen LogP contribution < -0.4 is 10.1 Å². The third-order valence-corrected chi connectivity index (χ3v) is 7.36. The predicted molar refractivity (Wildman–Crippen MR) is 149 cm³/mol. The van der Waals surface area contributed by atoms with E-state index in [1.54, 1.807) is 0 Å². The summed E-state index contributed by atoms with van der Waals surface area (Å²) >= 11 is 5.99. The second-order valence-electron chi connectivity index (χ2n) is 9.37. The summed E-state index contributed by atoms with van der Waals surface area (Å²) in [7, 11) is 0. The molecule has 6 rings (SSSR count). The number of anilines is 1. The number of nitrogens with one attached hydrogen (secondary N) is 1. The van der Waals surface area contributed by atoms with Gasteiger partial charge in [0.15, 0.2) is 0 Å². The topological polar surface area (TPSA) is 33.6 Å². The third kappa shape index (κ3) is 4.67. The van der Waals surface area contributed by atoms with E-state index in [-0.39, 0.29) is 0 Å². The molecule has 0 fully saturated rings. The molecule has 3 atom stereocenters. The molecule has 4 aromatic rings. The highest BCUT2D eigenvalue weighted by atomic mass is 35.5. The van der Waals surface area contributed by atoms with Gasteiger partial charge >= 0.3 is 0 Å². The Kier molecular flexibility index (Phi) is 6.31. The van der Waals surface area contributed by atoms with Crippen LogP contribution in [0.4, 0.5) is 11.4 Å². The summed E-state index contributed by atoms with van der Waals surface area (Å²) in [5.74, 6) is 1.83. The van der Waals surface area contributed by atoms with E-state index in [2.05, 4.69) is 66.0 Å². The molecule has 0 spiro atoms.